The van der Waals surface area contributed by atoms with Crippen molar-refractivity contribution < 1.29 is 4.74 Å². The zero-order chi connectivity index (χ0) is 14.1. The Bertz CT molecular complexity index is 569. The van der Waals surface area contributed by atoms with Crippen LogP contribution < -0.4 is 10.2 Å². The highest BCUT2D eigenvalue weighted by Crippen LogP contribution is 2.27. The normalized spacial score (nSPS) is 23.6. The van der Waals surface area contributed by atoms with Gasteiger partial charge < -0.3 is 15.0 Å². The van der Waals surface area contributed by atoms with Crippen LogP contribution >= 0.6 is 11.3 Å². The Morgan fingerprint density at radius 2 is 2.15 bits per heavy atom. The van der Waals surface area contributed by atoms with Gasteiger partial charge in [0.2, 0.25) is 0 Å². The average molecular weight is 294 g/mol. The van der Waals surface area contributed by atoms with Crippen LogP contribution in [0.2, 0.25) is 0 Å². The molecule has 1 saturated heterocycles. The fourth-order valence-electron chi connectivity index (χ4n) is 2.83. The summed E-state index contributed by atoms with van der Waals surface area (Å²) >= 11 is 1.69. The topological polar surface area (TPSA) is 41.8 Å². The molecule has 0 aromatic carbocycles. The number of hydrogen-bond acceptors (Lipinski definition) is 5. The Morgan fingerprint density at radius 1 is 1.40 bits per heavy atom. The highest BCUT2D eigenvalue weighted by molar-refractivity contribution is 7.15. The number of nitrogens with zero attached hydrogens (tertiary/aromatic N) is 3. The molecule has 5 nitrogen and oxygen atoms in total. The quantitative estimate of drug-likeness (QED) is 0.938. The van der Waals surface area contributed by atoms with Gasteiger partial charge in [-0.3, -0.25) is 4.40 Å². The first-order valence-electron chi connectivity index (χ1n) is 7.24. The van der Waals surface area contributed by atoms with Gasteiger partial charge in [-0.25, -0.2) is 4.98 Å². The van der Waals surface area contributed by atoms with Gasteiger partial charge in [0.05, 0.1) is 17.9 Å². The molecule has 1 aliphatic rings. The van der Waals surface area contributed by atoms with Crippen LogP contribution in [0.4, 0.5) is 5.82 Å². The molecule has 20 heavy (non-hydrogen) atoms. The number of fused-ring (bicyclic) bond motifs is 1. The second-order valence-corrected chi connectivity index (χ2v) is 6.25. The number of hydrogen-bond donors (Lipinski definition) is 1. The fourth-order valence-corrected chi connectivity index (χ4v) is 3.56. The molecule has 1 fully saturated rings. The first-order valence-corrected chi connectivity index (χ1v) is 8.12. The Balaban J connectivity index is 1.94. The van der Waals surface area contributed by atoms with Crippen LogP contribution in [-0.4, -0.2) is 41.2 Å². The summed E-state index contributed by atoms with van der Waals surface area (Å²) in [5, 5.41) is 5.51. The molecule has 0 aliphatic carbocycles. The predicted molar refractivity (Wildman–Crippen MR) is 82.7 cm³/mol. The van der Waals surface area contributed by atoms with E-state index in [0.29, 0.717) is 0 Å². The first kappa shape index (κ1) is 13.9. The Morgan fingerprint density at radius 3 is 2.85 bits per heavy atom. The molecule has 110 valence electrons. The lowest BCUT2D eigenvalue weighted by Gasteiger charge is -2.36. The van der Waals surface area contributed by atoms with Crippen LogP contribution in [0.15, 0.2) is 11.6 Å². The SMILES string of the molecule is CCNCc1c(N2C[C@@H](C)O[C@@H](C)C2)nc2sccn12. The summed E-state index contributed by atoms with van der Waals surface area (Å²) in [5.74, 6) is 1.11. The molecule has 2 aromatic rings. The van der Waals surface area contributed by atoms with E-state index in [9.17, 15) is 0 Å². The standard InChI is InChI=1S/C14H22N4OS/c1-4-15-7-12-13(16-14-18(12)5-6-20-14)17-8-10(2)19-11(3)9-17/h5-6,10-11,15H,4,7-9H2,1-3H3/t10-,11+. The van der Waals surface area contributed by atoms with Crippen molar-refractivity contribution in [3.8, 4) is 0 Å². The molecule has 0 unspecified atom stereocenters. The number of aromatic nitrogens is 2. The van der Waals surface area contributed by atoms with Crippen molar-refractivity contribution in [2.24, 2.45) is 0 Å². The Labute approximate surface area is 123 Å². The van der Waals surface area contributed by atoms with E-state index < -0.39 is 0 Å². The van der Waals surface area contributed by atoms with E-state index in [1.807, 2.05) is 0 Å². The third-order valence-corrected chi connectivity index (χ3v) is 4.36. The molecule has 2 atom stereocenters. The summed E-state index contributed by atoms with van der Waals surface area (Å²) < 4.78 is 8.03. The van der Waals surface area contributed by atoms with E-state index in [0.717, 1.165) is 37.0 Å². The van der Waals surface area contributed by atoms with Gasteiger partial charge in [-0.1, -0.05) is 6.92 Å². The number of thiazole rings is 1. The minimum Gasteiger partial charge on any atom is -0.372 e. The lowest BCUT2D eigenvalue weighted by Crippen LogP contribution is -2.46. The average Bonchev–Trinajstić information content (AvgIpc) is 2.95. The molecule has 0 amide bonds. The van der Waals surface area contributed by atoms with E-state index in [1.165, 1.54) is 5.69 Å². The summed E-state index contributed by atoms with van der Waals surface area (Å²) in [6, 6.07) is 0. The van der Waals surface area contributed by atoms with E-state index in [2.05, 4.69) is 47.0 Å². The fraction of sp³-hybridized carbons (Fsp3) is 0.643. The molecule has 2 aromatic heterocycles. The van der Waals surface area contributed by atoms with Crippen LogP contribution in [0.3, 0.4) is 0 Å². The van der Waals surface area contributed by atoms with Gasteiger partial charge in [-0.2, -0.15) is 0 Å². The van der Waals surface area contributed by atoms with E-state index in [4.69, 9.17) is 9.72 Å². The molecule has 0 saturated carbocycles. The molecule has 3 rings (SSSR count). The van der Waals surface area contributed by atoms with Crippen LogP contribution in [-0.2, 0) is 11.3 Å². The molecule has 0 bridgehead atoms. The zero-order valence-corrected chi connectivity index (χ0v) is 13.1. The van der Waals surface area contributed by atoms with Crippen molar-refractivity contribution in [3.05, 3.63) is 17.3 Å². The van der Waals surface area contributed by atoms with Crippen molar-refractivity contribution in [2.45, 2.75) is 39.5 Å². The third kappa shape index (κ3) is 2.55. The van der Waals surface area contributed by atoms with Crippen molar-refractivity contribution in [3.63, 3.8) is 0 Å². The second-order valence-electron chi connectivity index (χ2n) is 5.38. The van der Waals surface area contributed by atoms with Gasteiger partial charge in [-0.05, 0) is 20.4 Å². The highest BCUT2D eigenvalue weighted by Gasteiger charge is 2.26. The van der Waals surface area contributed by atoms with E-state index in [-0.39, 0.29) is 12.2 Å². The molecule has 1 aliphatic heterocycles. The van der Waals surface area contributed by atoms with Crippen LogP contribution in [0, 0.1) is 0 Å². The number of nitrogens with one attached hydrogen (secondary N) is 1. The van der Waals surface area contributed by atoms with Crippen molar-refractivity contribution in [1.29, 1.82) is 0 Å². The molecule has 1 N–H and O–H groups in total. The smallest absolute Gasteiger partial charge is 0.195 e. The minimum atomic E-state index is 0.255. The summed E-state index contributed by atoms with van der Waals surface area (Å²) in [6.07, 6.45) is 2.62. The Kier molecular flexibility index (Phi) is 3.96. The lowest BCUT2D eigenvalue weighted by molar-refractivity contribution is -0.00548. The first-order chi connectivity index (χ1) is 9.69. The summed E-state index contributed by atoms with van der Waals surface area (Å²) in [4.78, 5) is 8.27. The van der Waals surface area contributed by atoms with Gasteiger partial charge in [0.15, 0.2) is 10.8 Å². The molecule has 6 heteroatoms. The maximum absolute atomic E-state index is 5.83. The minimum absolute atomic E-state index is 0.255. The van der Waals surface area contributed by atoms with Crippen molar-refractivity contribution in [2.75, 3.05) is 24.5 Å². The maximum Gasteiger partial charge on any atom is 0.195 e. The van der Waals surface area contributed by atoms with Crippen molar-refractivity contribution >= 4 is 22.1 Å². The van der Waals surface area contributed by atoms with E-state index in [1.54, 1.807) is 11.3 Å². The van der Waals surface area contributed by atoms with Gasteiger partial charge >= 0.3 is 0 Å². The van der Waals surface area contributed by atoms with Gasteiger partial charge in [-0.15, -0.1) is 11.3 Å². The van der Waals surface area contributed by atoms with Crippen molar-refractivity contribution in [1.82, 2.24) is 14.7 Å². The number of ether oxygens (including phenoxy) is 1. The highest BCUT2D eigenvalue weighted by atomic mass is 32.1. The van der Waals surface area contributed by atoms with Crippen LogP contribution in [0.1, 0.15) is 26.5 Å². The number of morpholine rings is 1. The molecule has 0 radical (unpaired) electrons. The molecular weight excluding hydrogens is 272 g/mol. The van der Waals surface area contributed by atoms with E-state index >= 15 is 0 Å². The summed E-state index contributed by atoms with van der Waals surface area (Å²) in [7, 11) is 0. The summed E-state index contributed by atoms with van der Waals surface area (Å²) in [5.41, 5.74) is 1.25. The summed E-state index contributed by atoms with van der Waals surface area (Å²) in [6.45, 7) is 10.0. The zero-order valence-electron chi connectivity index (χ0n) is 12.3. The van der Waals surface area contributed by atoms with Crippen LogP contribution in [0.5, 0.6) is 0 Å². The largest absolute Gasteiger partial charge is 0.372 e. The number of anilines is 1. The van der Waals surface area contributed by atoms with Gasteiger partial charge in [0, 0.05) is 31.2 Å². The molecular formula is C14H22N4OS. The monoisotopic (exact) mass is 294 g/mol. The lowest BCUT2D eigenvalue weighted by atomic mass is 10.2. The Hall–Kier alpha value is -1.11. The third-order valence-electron chi connectivity index (χ3n) is 3.60. The van der Waals surface area contributed by atoms with Gasteiger partial charge in [0.1, 0.15) is 0 Å². The molecule has 0 spiro atoms. The molecule has 3 heterocycles. The number of imidazole rings is 1. The van der Waals surface area contributed by atoms with Gasteiger partial charge in [0.25, 0.3) is 0 Å². The second kappa shape index (κ2) is 5.71. The number of rotatable bonds is 4. The predicted octanol–water partition coefficient (Wildman–Crippen LogP) is 2.12. The maximum atomic E-state index is 5.83. The van der Waals surface area contributed by atoms with Crippen LogP contribution in [0.25, 0.3) is 4.96 Å².